The summed E-state index contributed by atoms with van der Waals surface area (Å²) < 4.78 is 0. The number of carbonyl (C=O) groups is 7. The molecule has 288 valence electrons. The van der Waals surface area contributed by atoms with Crippen molar-refractivity contribution in [2.45, 2.75) is 101 Å². The topological polar surface area (TPSA) is 254 Å². The zero-order valence-corrected chi connectivity index (χ0v) is 30.0. The van der Waals surface area contributed by atoms with E-state index in [1.165, 1.54) is 6.92 Å². The first-order chi connectivity index (χ1) is 25.0. The summed E-state index contributed by atoms with van der Waals surface area (Å²) in [4.78, 5) is 90.6. The maximum absolute atomic E-state index is 13.6. The van der Waals surface area contributed by atoms with Gasteiger partial charge in [0.25, 0.3) is 0 Å². The monoisotopic (exact) mass is 728 g/mol. The lowest BCUT2D eigenvalue weighted by molar-refractivity contribution is -0.130. The molecule has 0 spiro atoms. The lowest BCUT2D eigenvalue weighted by Crippen LogP contribution is -2.54. The van der Waals surface area contributed by atoms with Crippen LogP contribution < -0.4 is 53.6 Å². The van der Waals surface area contributed by atoms with Gasteiger partial charge in [-0.15, -0.1) is 0 Å². The Labute approximate surface area is 304 Å². The Morgan fingerprint density at radius 2 is 0.712 bits per heavy atom. The van der Waals surface area contributed by atoms with Gasteiger partial charge in [-0.05, 0) is 38.5 Å². The summed E-state index contributed by atoms with van der Waals surface area (Å²) in [6, 6.07) is -2.17. The zero-order chi connectivity index (χ0) is 36.9. The normalized spacial score (nSPS) is 36.9. The molecule has 6 aliphatic rings. The summed E-state index contributed by atoms with van der Waals surface area (Å²) in [6.45, 7) is 4.03. The van der Waals surface area contributed by atoms with Crippen LogP contribution in [-0.4, -0.2) is 117 Å². The smallest absolute Gasteiger partial charge is 0.226 e. The molecule has 0 aromatic heterocycles. The van der Waals surface area contributed by atoms with Crippen molar-refractivity contribution in [3.05, 3.63) is 0 Å². The fraction of sp³-hybridized carbons (Fsp3) is 0.800. The first kappa shape index (κ1) is 37.9. The van der Waals surface area contributed by atoms with E-state index in [1.807, 2.05) is 0 Å². The van der Waals surface area contributed by atoms with Crippen LogP contribution in [0.25, 0.3) is 0 Å². The highest BCUT2D eigenvalue weighted by atomic mass is 16.2. The lowest BCUT2D eigenvalue weighted by atomic mass is 9.95. The van der Waals surface area contributed by atoms with Crippen molar-refractivity contribution in [1.82, 2.24) is 47.9 Å². The highest BCUT2D eigenvalue weighted by Gasteiger charge is 2.44. The molecule has 52 heavy (non-hydrogen) atoms. The van der Waals surface area contributed by atoms with Crippen molar-refractivity contribution in [3.8, 4) is 0 Å². The van der Waals surface area contributed by atoms with Gasteiger partial charge in [-0.3, -0.25) is 33.6 Å². The number of hydrogen-bond acceptors (Lipinski definition) is 10. The van der Waals surface area contributed by atoms with Gasteiger partial charge < -0.3 is 53.6 Å². The number of carbonyl (C=O) groups excluding carboxylic acids is 7. The zero-order valence-electron chi connectivity index (χ0n) is 30.0. The lowest BCUT2D eigenvalue weighted by Gasteiger charge is -2.28. The quantitative estimate of drug-likeness (QED) is 0.0948. The van der Waals surface area contributed by atoms with Crippen molar-refractivity contribution in [1.29, 1.82) is 0 Å². The van der Waals surface area contributed by atoms with Gasteiger partial charge in [0.2, 0.25) is 41.4 Å². The molecule has 17 heteroatoms. The molecular formula is C35H56N10O7. The van der Waals surface area contributed by atoms with Crippen LogP contribution in [0.4, 0.5) is 0 Å². The number of nitrogens with two attached hydrogens (primary N) is 1. The van der Waals surface area contributed by atoms with Crippen LogP contribution in [0.1, 0.15) is 64.7 Å². The summed E-state index contributed by atoms with van der Waals surface area (Å²) in [5.74, 6) is -4.33. The predicted molar refractivity (Wildman–Crippen MR) is 188 cm³/mol. The molecule has 3 saturated carbocycles. The molecule has 3 saturated heterocycles. The molecular weight excluding hydrogens is 672 g/mol. The summed E-state index contributed by atoms with van der Waals surface area (Å²) in [6.07, 6.45) is 6.28. The highest BCUT2D eigenvalue weighted by molar-refractivity contribution is 5.88. The van der Waals surface area contributed by atoms with Crippen LogP contribution in [0.3, 0.4) is 0 Å². The second kappa shape index (κ2) is 16.9. The Morgan fingerprint density at radius 1 is 0.404 bits per heavy atom. The van der Waals surface area contributed by atoms with E-state index in [4.69, 9.17) is 5.73 Å². The molecule has 6 fully saturated rings. The van der Waals surface area contributed by atoms with E-state index in [-0.39, 0.29) is 65.5 Å². The molecule has 0 aromatic carbocycles. The van der Waals surface area contributed by atoms with Crippen LogP contribution in [0.15, 0.2) is 0 Å². The maximum atomic E-state index is 13.6. The summed E-state index contributed by atoms with van der Waals surface area (Å²) in [7, 11) is 0. The second-order valence-corrected chi connectivity index (χ2v) is 15.7. The summed E-state index contributed by atoms with van der Waals surface area (Å²) in [5, 5.41) is 27.7. The van der Waals surface area contributed by atoms with E-state index < -0.39 is 47.6 Å². The summed E-state index contributed by atoms with van der Waals surface area (Å²) in [5.41, 5.74) is 5.54. The van der Waals surface area contributed by atoms with Crippen molar-refractivity contribution >= 4 is 41.4 Å². The van der Waals surface area contributed by atoms with Crippen LogP contribution in [-0.2, 0) is 33.6 Å². The van der Waals surface area contributed by atoms with E-state index in [2.05, 4.69) is 47.9 Å². The highest BCUT2D eigenvalue weighted by Crippen LogP contribution is 2.30. The van der Waals surface area contributed by atoms with Gasteiger partial charge in [-0.2, -0.15) is 0 Å². The third-order valence-corrected chi connectivity index (χ3v) is 12.3. The Bertz CT molecular complexity index is 1400. The fourth-order valence-electron chi connectivity index (χ4n) is 9.39. The Balaban J connectivity index is 0.987. The molecule has 3 aliphatic heterocycles. The molecule has 0 radical (unpaired) electrons. The Kier molecular flexibility index (Phi) is 12.3. The van der Waals surface area contributed by atoms with E-state index in [1.54, 1.807) is 0 Å². The molecule has 3 heterocycles. The number of hydrogen-bond donors (Lipinski definition) is 10. The minimum absolute atomic E-state index is 0.186. The average molecular weight is 729 g/mol. The van der Waals surface area contributed by atoms with Crippen LogP contribution in [0, 0.1) is 35.5 Å². The average Bonchev–Trinajstić information content (AvgIpc) is 3.93. The molecule has 7 amide bonds. The van der Waals surface area contributed by atoms with Gasteiger partial charge >= 0.3 is 0 Å². The Hall–Kier alpha value is -3.83. The molecule has 0 bridgehead atoms. The van der Waals surface area contributed by atoms with Gasteiger partial charge in [0.15, 0.2) is 0 Å². The van der Waals surface area contributed by atoms with Crippen molar-refractivity contribution in [2.24, 2.45) is 41.2 Å². The Morgan fingerprint density at radius 3 is 1.08 bits per heavy atom. The van der Waals surface area contributed by atoms with Crippen LogP contribution in [0.2, 0.25) is 0 Å². The van der Waals surface area contributed by atoms with Gasteiger partial charge in [0.05, 0.1) is 53.6 Å². The van der Waals surface area contributed by atoms with E-state index >= 15 is 0 Å². The van der Waals surface area contributed by atoms with Gasteiger partial charge in [0, 0.05) is 64.3 Å². The largest absolute Gasteiger partial charge is 0.369 e. The molecule has 11 N–H and O–H groups in total. The first-order valence-corrected chi connectivity index (χ1v) is 19.2. The summed E-state index contributed by atoms with van der Waals surface area (Å²) >= 11 is 0. The van der Waals surface area contributed by atoms with Gasteiger partial charge in [-0.25, -0.2) is 0 Å². The maximum Gasteiger partial charge on any atom is 0.226 e. The third kappa shape index (κ3) is 8.68. The van der Waals surface area contributed by atoms with Gasteiger partial charge in [-0.1, -0.05) is 19.3 Å². The first-order valence-electron chi connectivity index (χ1n) is 19.2. The molecule has 17 nitrogen and oxygen atoms in total. The number of primary amides is 1. The number of rotatable bonds is 12. The van der Waals surface area contributed by atoms with Gasteiger partial charge in [0.1, 0.15) is 0 Å². The molecule has 0 aromatic rings. The molecule has 3 aliphatic carbocycles. The van der Waals surface area contributed by atoms with Crippen LogP contribution in [0.5, 0.6) is 0 Å². The van der Waals surface area contributed by atoms with E-state index in [9.17, 15) is 33.6 Å². The molecule has 6 rings (SSSR count). The minimum Gasteiger partial charge on any atom is -0.369 e. The number of nitrogens with one attached hydrogen (secondary N) is 9. The fourth-order valence-corrected chi connectivity index (χ4v) is 9.39. The minimum atomic E-state index is -0.530. The SMILES string of the molecule is CC(=O)NC1CNCC1C(=O)NC1CCCC1C(=O)NC1CNCC1C(=O)NC1CCCC1C(=O)NC1CNCC1C(=O)NC1CCCC1C(N)=O. The van der Waals surface area contributed by atoms with E-state index in [0.717, 1.165) is 19.3 Å². The van der Waals surface area contributed by atoms with Crippen molar-refractivity contribution in [2.75, 3.05) is 39.3 Å². The second-order valence-electron chi connectivity index (χ2n) is 15.7. The van der Waals surface area contributed by atoms with Crippen molar-refractivity contribution < 1.29 is 33.6 Å². The van der Waals surface area contributed by atoms with Crippen LogP contribution >= 0.6 is 0 Å². The molecule has 12 unspecified atom stereocenters. The standard InChI is InChI=1S/C35H56N10O7/c1-17(46)40-27-14-37-11-21(27)33(50)42-25-9-3-6-19(25)31(48)45-29-16-39-13-23(29)35(52)43-26-10-4-7-20(26)32(49)44-28-15-38-12-22(28)34(51)41-24-8-2-5-18(24)30(36)47/h18-29,37-39H,2-16H2,1H3,(H2,36,47)(H,40,46)(H,41,51)(H,42,50)(H,43,52)(H,44,49)(H,45,48). The third-order valence-electron chi connectivity index (χ3n) is 12.3. The predicted octanol–water partition coefficient (Wildman–Crippen LogP) is -3.54. The van der Waals surface area contributed by atoms with Crippen molar-refractivity contribution in [3.63, 3.8) is 0 Å². The number of amides is 7. The molecule has 12 atom stereocenters. The van der Waals surface area contributed by atoms with E-state index in [0.29, 0.717) is 77.8 Å².